The minimum absolute atomic E-state index is 0.142. The average Bonchev–Trinajstić information content (AvgIpc) is 3.13. The predicted molar refractivity (Wildman–Crippen MR) is 84.5 cm³/mol. The van der Waals surface area contributed by atoms with Gasteiger partial charge in [-0.25, -0.2) is 0 Å². The molecule has 0 radical (unpaired) electrons. The number of carbonyl (C=O) groups excluding carboxylic acids is 2. The highest BCUT2D eigenvalue weighted by Crippen LogP contribution is 2.27. The molecule has 0 aliphatic carbocycles. The second-order valence-corrected chi connectivity index (χ2v) is 5.71. The minimum atomic E-state index is -0.335. The Morgan fingerprint density at radius 2 is 2.18 bits per heavy atom. The molecule has 118 valence electrons. The van der Waals surface area contributed by atoms with E-state index in [9.17, 15) is 9.59 Å². The number of ether oxygens (including phenoxy) is 1. The first-order valence-electron chi connectivity index (χ1n) is 6.84. The number of rotatable bonds is 7. The lowest BCUT2D eigenvalue weighted by Gasteiger charge is -2.03. The molecule has 0 saturated carbocycles. The summed E-state index contributed by atoms with van der Waals surface area (Å²) in [6.07, 6.45) is 2.20. The van der Waals surface area contributed by atoms with Crippen molar-refractivity contribution >= 4 is 28.2 Å². The fraction of sp³-hybridized carbons (Fsp3) is 0.333. The van der Waals surface area contributed by atoms with E-state index in [2.05, 4.69) is 10.6 Å². The van der Waals surface area contributed by atoms with Gasteiger partial charge in [-0.2, -0.15) is 0 Å². The molecule has 7 heteroatoms. The van der Waals surface area contributed by atoms with Gasteiger partial charge in [-0.15, -0.1) is 11.3 Å². The number of hydrogen-bond acceptors (Lipinski definition) is 5. The van der Waals surface area contributed by atoms with Gasteiger partial charge < -0.3 is 19.8 Å². The number of nitrogens with one attached hydrogen (secondary N) is 2. The van der Waals surface area contributed by atoms with Gasteiger partial charge in [-0.05, 0) is 37.1 Å². The molecule has 0 atom stereocenters. The molecule has 2 heterocycles. The molecule has 2 rings (SSSR count). The van der Waals surface area contributed by atoms with Crippen molar-refractivity contribution in [2.24, 2.45) is 0 Å². The van der Waals surface area contributed by atoms with Crippen LogP contribution in [0.25, 0.3) is 0 Å². The molecule has 2 N–H and O–H groups in total. The van der Waals surface area contributed by atoms with Crippen molar-refractivity contribution in [3.8, 4) is 0 Å². The number of hydrogen-bond donors (Lipinski definition) is 2. The summed E-state index contributed by atoms with van der Waals surface area (Å²) in [4.78, 5) is 24.6. The maximum Gasteiger partial charge on any atom is 0.291 e. The maximum atomic E-state index is 12.1. The smallest absolute Gasteiger partial charge is 0.291 e. The fourth-order valence-corrected chi connectivity index (χ4v) is 2.83. The fourth-order valence-electron chi connectivity index (χ4n) is 1.85. The summed E-state index contributed by atoms with van der Waals surface area (Å²) in [7, 11) is 1.62. The van der Waals surface area contributed by atoms with Crippen molar-refractivity contribution in [2.75, 3.05) is 25.6 Å². The molecule has 0 aliphatic rings. The van der Waals surface area contributed by atoms with Crippen LogP contribution in [-0.2, 0) is 4.74 Å². The Morgan fingerprint density at radius 1 is 1.36 bits per heavy atom. The molecular weight excluding hydrogens is 304 g/mol. The summed E-state index contributed by atoms with van der Waals surface area (Å²) in [5.41, 5.74) is 0.823. The Labute approximate surface area is 132 Å². The van der Waals surface area contributed by atoms with E-state index in [0.717, 1.165) is 12.0 Å². The highest BCUT2D eigenvalue weighted by molar-refractivity contribution is 7.18. The van der Waals surface area contributed by atoms with Crippen LogP contribution in [0.4, 0.5) is 5.00 Å². The molecule has 0 saturated heterocycles. The Balaban J connectivity index is 1.95. The van der Waals surface area contributed by atoms with E-state index in [4.69, 9.17) is 9.15 Å². The predicted octanol–water partition coefficient (Wildman–Crippen LogP) is 2.67. The van der Waals surface area contributed by atoms with Crippen LogP contribution >= 0.6 is 11.3 Å². The average molecular weight is 322 g/mol. The second-order valence-electron chi connectivity index (χ2n) is 4.66. The van der Waals surface area contributed by atoms with Crippen LogP contribution in [0.1, 0.15) is 32.2 Å². The van der Waals surface area contributed by atoms with Crippen molar-refractivity contribution in [2.45, 2.75) is 13.3 Å². The molecule has 2 amide bonds. The van der Waals surface area contributed by atoms with Crippen LogP contribution in [0.5, 0.6) is 0 Å². The number of furan rings is 1. The van der Waals surface area contributed by atoms with Crippen LogP contribution in [-0.4, -0.2) is 32.1 Å². The Kier molecular flexibility index (Phi) is 5.74. The van der Waals surface area contributed by atoms with Gasteiger partial charge in [0.05, 0.1) is 16.1 Å². The SMILES string of the molecule is COCCCNC(=O)c1sc(NC(=O)c2ccco2)cc1C. The zero-order valence-electron chi connectivity index (χ0n) is 12.5. The van der Waals surface area contributed by atoms with E-state index in [-0.39, 0.29) is 17.6 Å². The molecule has 0 aromatic carbocycles. The zero-order valence-corrected chi connectivity index (χ0v) is 13.3. The molecular formula is C15H18N2O4S. The zero-order chi connectivity index (χ0) is 15.9. The van der Waals surface area contributed by atoms with Crippen LogP contribution in [0, 0.1) is 6.92 Å². The number of aryl methyl sites for hydroxylation is 1. The van der Waals surface area contributed by atoms with Gasteiger partial charge in [0, 0.05) is 20.3 Å². The van der Waals surface area contributed by atoms with E-state index in [1.165, 1.54) is 17.6 Å². The molecule has 2 aromatic heterocycles. The molecule has 0 unspecified atom stereocenters. The van der Waals surface area contributed by atoms with Gasteiger partial charge in [0.15, 0.2) is 5.76 Å². The maximum absolute atomic E-state index is 12.1. The van der Waals surface area contributed by atoms with Gasteiger partial charge in [0.1, 0.15) is 0 Å². The van der Waals surface area contributed by atoms with Crippen molar-refractivity contribution in [3.63, 3.8) is 0 Å². The summed E-state index contributed by atoms with van der Waals surface area (Å²) < 4.78 is 9.96. The van der Waals surface area contributed by atoms with Gasteiger partial charge in [-0.3, -0.25) is 9.59 Å². The summed E-state index contributed by atoms with van der Waals surface area (Å²) in [6.45, 7) is 3.00. The van der Waals surface area contributed by atoms with Crippen LogP contribution in [0.2, 0.25) is 0 Å². The highest BCUT2D eigenvalue weighted by Gasteiger charge is 2.16. The molecule has 0 aliphatic heterocycles. The highest BCUT2D eigenvalue weighted by atomic mass is 32.1. The lowest BCUT2D eigenvalue weighted by Crippen LogP contribution is -2.24. The molecule has 2 aromatic rings. The molecule has 6 nitrogen and oxygen atoms in total. The normalized spacial score (nSPS) is 10.5. The first kappa shape index (κ1) is 16.3. The minimum Gasteiger partial charge on any atom is -0.459 e. The summed E-state index contributed by atoms with van der Waals surface area (Å²) in [5.74, 6) is -0.243. The lowest BCUT2D eigenvalue weighted by molar-refractivity contribution is 0.0950. The van der Waals surface area contributed by atoms with E-state index >= 15 is 0 Å². The van der Waals surface area contributed by atoms with Crippen LogP contribution in [0.15, 0.2) is 28.9 Å². The summed E-state index contributed by atoms with van der Waals surface area (Å²) >= 11 is 1.24. The Morgan fingerprint density at radius 3 is 2.86 bits per heavy atom. The molecule has 0 bridgehead atoms. The van der Waals surface area contributed by atoms with Gasteiger partial charge in [0.25, 0.3) is 11.8 Å². The number of amides is 2. The quantitative estimate of drug-likeness (QED) is 0.768. The van der Waals surface area contributed by atoms with E-state index in [1.807, 2.05) is 6.92 Å². The summed E-state index contributed by atoms with van der Waals surface area (Å²) in [5, 5.41) is 6.16. The molecule has 0 fully saturated rings. The number of thiophene rings is 1. The van der Waals surface area contributed by atoms with Gasteiger partial charge in [0.2, 0.25) is 0 Å². The second kappa shape index (κ2) is 7.77. The van der Waals surface area contributed by atoms with Crippen LogP contribution < -0.4 is 10.6 Å². The van der Waals surface area contributed by atoms with Crippen molar-refractivity contribution in [1.29, 1.82) is 0 Å². The largest absolute Gasteiger partial charge is 0.459 e. The third kappa shape index (κ3) is 4.19. The Hall–Kier alpha value is -2.12. The first-order valence-corrected chi connectivity index (χ1v) is 7.66. The third-order valence-corrected chi connectivity index (χ3v) is 4.07. The monoisotopic (exact) mass is 322 g/mol. The van der Waals surface area contributed by atoms with Crippen LogP contribution in [0.3, 0.4) is 0 Å². The first-order chi connectivity index (χ1) is 10.6. The molecule has 0 spiro atoms. The summed E-state index contributed by atoms with van der Waals surface area (Å²) in [6, 6.07) is 5.00. The number of methoxy groups -OCH3 is 1. The number of carbonyl (C=O) groups is 2. The molecule has 22 heavy (non-hydrogen) atoms. The lowest BCUT2D eigenvalue weighted by atomic mass is 10.2. The van der Waals surface area contributed by atoms with Crippen molar-refractivity contribution < 1.29 is 18.7 Å². The van der Waals surface area contributed by atoms with E-state index in [0.29, 0.717) is 23.0 Å². The Bertz CT molecular complexity index is 634. The van der Waals surface area contributed by atoms with Gasteiger partial charge >= 0.3 is 0 Å². The number of anilines is 1. The van der Waals surface area contributed by atoms with E-state index in [1.54, 1.807) is 25.3 Å². The third-order valence-electron chi connectivity index (χ3n) is 2.92. The van der Waals surface area contributed by atoms with Crippen molar-refractivity contribution in [3.05, 3.63) is 40.7 Å². The van der Waals surface area contributed by atoms with E-state index < -0.39 is 0 Å². The topological polar surface area (TPSA) is 80.6 Å². The van der Waals surface area contributed by atoms with Gasteiger partial charge in [-0.1, -0.05) is 0 Å². The standard InChI is InChI=1S/C15H18N2O4S/c1-10-9-12(17-14(18)11-5-3-8-21-11)22-13(10)15(19)16-6-4-7-20-2/h3,5,8-9H,4,6-7H2,1-2H3,(H,16,19)(H,17,18). The van der Waals surface area contributed by atoms with Crippen molar-refractivity contribution in [1.82, 2.24) is 5.32 Å².